The van der Waals surface area contributed by atoms with Crippen LogP contribution in [-0.4, -0.2) is 34.4 Å². The van der Waals surface area contributed by atoms with Crippen molar-refractivity contribution in [1.82, 2.24) is 19.5 Å². The summed E-state index contributed by atoms with van der Waals surface area (Å²) in [6, 6.07) is 9.35. The molecule has 0 saturated heterocycles. The van der Waals surface area contributed by atoms with Gasteiger partial charge in [0.15, 0.2) is 0 Å². The highest BCUT2D eigenvalue weighted by molar-refractivity contribution is 7.89. The lowest BCUT2D eigenvalue weighted by Crippen LogP contribution is -2.29. The Hall–Kier alpha value is -3.24. The van der Waals surface area contributed by atoms with E-state index in [1.165, 1.54) is 16.4 Å². The van der Waals surface area contributed by atoms with E-state index in [1.54, 1.807) is 24.4 Å². The fourth-order valence-electron chi connectivity index (χ4n) is 3.99. The van der Waals surface area contributed by atoms with Gasteiger partial charge in [0.05, 0.1) is 4.90 Å². The number of hydrogen-bond acceptors (Lipinski definition) is 5. The fraction of sp³-hybridized carbons (Fsp3) is 0.200. The first-order chi connectivity index (χ1) is 14.3. The zero-order valence-corrected chi connectivity index (χ0v) is 16.7. The Labute approximate surface area is 170 Å². The van der Waals surface area contributed by atoms with Crippen molar-refractivity contribution in [1.29, 1.82) is 0 Å². The van der Waals surface area contributed by atoms with Crippen LogP contribution < -0.4 is 5.76 Å². The fourth-order valence-corrected chi connectivity index (χ4v) is 5.87. The van der Waals surface area contributed by atoms with Crippen molar-refractivity contribution in [3.63, 3.8) is 0 Å². The van der Waals surface area contributed by atoms with Gasteiger partial charge in [0.25, 0.3) is 0 Å². The average molecular weight is 428 g/mol. The minimum atomic E-state index is -3.67. The van der Waals surface area contributed by atoms with Crippen LogP contribution in [0.1, 0.15) is 24.4 Å². The molecule has 0 spiro atoms. The number of nitrogens with one attached hydrogen (secondary N) is 2. The van der Waals surface area contributed by atoms with Gasteiger partial charge in [-0.2, -0.15) is 4.31 Å². The van der Waals surface area contributed by atoms with Gasteiger partial charge in [-0.1, -0.05) is 6.07 Å². The van der Waals surface area contributed by atoms with E-state index in [0.29, 0.717) is 11.1 Å². The zero-order chi connectivity index (χ0) is 21.0. The molecule has 0 fully saturated rings. The first-order valence-electron chi connectivity index (χ1n) is 9.32. The summed E-state index contributed by atoms with van der Waals surface area (Å²) >= 11 is 0. The molecule has 154 valence electrons. The van der Waals surface area contributed by atoms with Gasteiger partial charge in [0, 0.05) is 41.7 Å². The van der Waals surface area contributed by atoms with Crippen LogP contribution in [0, 0.1) is 5.82 Å². The topological polar surface area (TPSA) is 112 Å². The molecule has 0 radical (unpaired) electrons. The highest BCUT2D eigenvalue weighted by Crippen LogP contribution is 2.42. The number of hydrogen-bond donors (Lipinski definition) is 2. The second-order valence-electron chi connectivity index (χ2n) is 7.19. The number of aromatic amines is 2. The molecule has 2 aromatic heterocycles. The molecule has 1 aliphatic rings. The summed E-state index contributed by atoms with van der Waals surface area (Å²) < 4.78 is 45.8. The number of fused-ring (bicyclic) bond motifs is 2. The molecule has 30 heavy (non-hydrogen) atoms. The van der Waals surface area contributed by atoms with Gasteiger partial charge in [0.1, 0.15) is 5.82 Å². The Kier molecular flexibility index (Phi) is 4.16. The van der Waals surface area contributed by atoms with E-state index in [9.17, 15) is 17.6 Å². The standard InChI is InChI=1S/C20H17FN4O4S/c1-11-15-8-12(16-10-22-17-9-13(21)3-4-14(16)17)2-5-18(15)30(27,28)25(11)7-6-19-23-24-20(26)29-19/h2-5,8-11,22H,6-7H2,1H3,(H,24,26). The first kappa shape index (κ1) is 18.8. The van der Waals surface area contributed by atoms with Crippen LogP contribution >= 0.6 is 0 Å². The molecule has 2 aromatic carbocycles. The van der Waals surface area contributed by atoms with Crippen LogP contribution in [0.4, 0.5) is 4.39 Å². The van der Waals surface area contributed by atoms with E-state index in [4.69, 9.17) is 4.42 Å². The largest absolute Gasteiger partial charge is 0.434 e. The minimum absolute atomic E-state index is 0.133. The highest BCUT2D eigenvalue weighted by Gasteiger charge is 2.40. The third kappa shape index (κ3) is 2.87. The Balaban J connectivity index is 1.50. The quantitative estimate of drug-likeness (QED) is 0.519. The summed E-state index contributed by atoms with van der Waals surface area (Å²) in [7, 11) is -3.67. The van der Waals surface area contributed by atoms with E-state index < -0.39 is 21.8 Å². The molecule has 0 saturated carbocycles. The van der Waals surface area contributed by atoms with Gasteiger partial charge < -0.3 is 9.40 Å². The number of halogens is 1. The molecule has 0 bridgehead atoms. The maximum absolute atomic E-state index is 13.5. The molecule has 0 amide bonds. The lowest BCUT2D eigenvalue weighted by Gasteiger charge is -2.19. The van der Waals surface area contributed by atoms with Gasteiger partial charge in [-0.25, -0.2) is 22.7 Å². The van der Waals surface area contributed by atoms with Crippen molar-refractivity contribution in [3.8, 4) is 11.1 Å². The molecule has 1 unspecified atom stereocenters. The average Bonchev–Trinajstić information content (AvgIpc) is 3.36. The van der Waals surface area contributed by atoms with Crippen LogP contribution in [-0.2, 0) is 16.4 Å². The van der Waals surface area contributed by atoms with E-state index >= 15 is 0 Å². The Bertz CT molecular complexity index is 1440. The lowest BCUT2D eigenvalue weighted by atomic mass is 9.99. The van der Waals surface area contributed by atoms with E-state index in [2.05, 4.69) is 15.2 Å². The number of aromatic nitrogens is 3. The van der Waals surface area contributed by atoms with Crippen LogP contribution in [0.2, 0.25) is 0 Å². The zero-order valence-electron chi connectivity index (χ0n) is 15.8. The van der Waals surface area contributed by atoms with Crippen molar-refractivity contribution in [2.24, 2.45) is 0 Å². The SMILES string of the molecule is CC1c2cc(-c3c[nH]c4cc(F)ccc34)ccc2S(=O)(=O)N1CCc1n[nH]c(=O)o1. The molecular weight excluding hydrogens is 411 g/mol. The number of rotatable bonds is 4. The minimum Gasteiger partial charge on any atom is -0.392 e. The Morgan fingerprint density at radius 1 is 1.23 bits per heavy atom. The maximum atomic E-state index is 13.5. The lowest BCUT2D eigenvalue weighted by molar-refractivity contribution is 0.346. The second-order valence-corrected chi connectivity index (χ2v) is 9.05. The second kappa shape index (κ2) is 6.64. The summed E-state index contributed by atoms with van der Waals surface area (Å²) in [6.45, 7) is 1.95. The number of sulfonamides is 1. The summed E-state index contributed by atoms with van der Waals surface area (Å²) in [5.74, 6) is -0.841. The van der Waals surface area contributed by atoms with Gasteiger partial charge in [-0.3, -0.25) is 0 Å². The van der Waals surface area contributed by atoms with Crippen LogP contribution in [0.25, 0.3) is 22.0 Å². The summed E-state index contributed by atoms with van der Waals surface area (Å²) in [5, 5.41) is 6.75. The van der Waals surface area contributed by atoms with Crippen molar-refractivity contribution in [2.45, 2.75) is 24.3 Å². The molecule has 5 rings (SSSR count). The molecular formula is C20H17FN4O4S. The molecule has 0 aliphatic carbocycles. The molecule has 10 heteroatoms. The third-order valence-corrected chi connectivity index (χ3v) is 7.51. The predicted molar refractivity (Wildman–Crippen MR) is 107 cm³/mol. The molecule has 8 nitrogen and oxygen atoms in total. The third-order valence-electron chi connectivity index (χ3n) is 5.46. The maximum Gasteiger partial charge on any atom is 0.434 e. The van der Waals surface area contributed by atoms with Crippen molar-refractivity contribution >= 4 is 20.9 Å². The van der Waals surface area contributed by atoms with Crippen molar-refractivity contribution < 1.29 is 17.2 Å². The van der Waals surface area contributed by atoms with Gasteiger partial charge >= 0.3 is 5.76 Å². The van der Waals surface area contributed by atoms with E-state index in [1.807, 2.05) is 13.0 Å². The van der Waals surface area contributed by atoms with E-state index in [-0.39, 0.29) is 29.6 Å². The monoisotopic (exact) mass is 428 g/mol. The summed E-state index contributed by atoms with van der Waals surface area (Å²) in [6.07, 6.45) is 1.97. The van der Waals surface area contributed by atoms with Gasteiger partial charge in [-0.05, 0) is 48.4 Å². The normalized spacial score (nSPS) is 18.1. The number of nitrogens with zero attached hydrogens (tertiary/aromatic N) is 2. The molecule has 4 aromatic rings. The molecule has 1 atom stereocenters. The predicted octanol–water partition coefficient (Wildman–Crippen LogP) is 2.96. The highest BCUT2D eigenvalue weighted by atomic mass is 32.2. The molecule has 2 N–H and O–H groups in total. The van der Waals surface area contributed by atoms with Crippen LogP contribution in [0.5, 0.6) is 0 Å². The molecule has 3 heterocycles. The molecule has 1 aliphatic heterocycles. The van der Waals surface area contributed by atoms with Gasteiger partial charge in [-0.15, -0.1) is 5.10 Å². The summed E-state index contributed by atoms with van der Waals surface area (Å²) in [5.41, 5.74) is 3.07. The Morgan fingerprint density at radius 3 is 2.83 bits per heavy atom. The van der Waals surface area contributed by atoms with Crippen molar-refractivity contribution in [3.05, 3.63) is 70.4 Å². The van der Waals surface area contributed by atoms with Crippen molar-refractivity contribution in [2.75, 3.05) is 6.54 Å². The number of H-pyrrole nitrogens is 2. The Morgan fingerprint density at radius 2 is 2.07 bits per heavy atom. The van der Waals surface area contributed by atoms with Gasteiger partial charge in [0.2, 0.25) is 15.9 Å². The van der Waals surface area contributed by atoms with Crippen LogP contribution in [0.3, 0.4) is 0 Å². The number of benzene rings is 2. The first-order valence-corrected chi connectivity index (χ1v) is 10.8. The van der Waals surface area contributed by atoms with Crippen LogP contribution in [0.15, 0.2) is 56.7 Å². The summed E-state index contributed by atoms with van der Waals surface area (Å²) in [4.78, 5) is 14.4. The smallest absolute Gasteiger partial charge is 0.392 e. The van der Waals surface area contributed by atoms with E-state index in [0.717, 1.165) is 16.5 Å².